The van der Waals surface area contributed by atoms with E-state index in [-0.39, 0.29) is 12.5 Å². The molecule has 1 N–H and O–H groups in total. The van der Waals surface area contributed by atoms with Crippen molar-refractivity contribution in [1.82, 2.24) is 14.8 Å². The summed E-state index contributed by atoms with van der Waals surface area (Å²) in [5, 5.41) is 9.78. The highest BCUT2D eigenvalue weighted by Gasteiger charge is 2.38. The largest absolute Gasteiger partial charge is 0.481 e. The van der Waals surface area contributed by atoms with Crippen LogP contribution in [0.5, 0.6) is 0 Å². The van der Waals surface area contributed by atoms with Gasteiger partial charge in [-0.3, -0.25) is 9.69 Å². The quantitative estimate of drug-likeness (QED) is 0.650. The topological polar surface area (TPSA) is 77.0 Å². The third-order valence-electron chi connectivity index (χ3n) is 7.21. The second kappa shape index (κ2) is 10.3. The molecule has 1 aliphatic carbocycles. The van der Waals surface area contributed by atoms with Gasteiger partial charge in [0.15, 0.2) is 5.13 Å². The van der Waals surface area contributed by atoms with Crippen LogP contribution in [0.25, 0.3) is 0 Å². The van der Waals surface area contributed by atoms with Crippen LogP contribution in [0.1, 0.15) is 68.9 Å². The highest BCUT2D eigenvalue weighted by atomic mass is 32.1. The fourth-order valence-electron chi connectivity index (χ4n) is 5.26. The predicted molar refractivity (Wildman–Crippen MR) is 123 cm³/mol. The molecule has 0 radical (unpaired) electrons. The lowest BCUT2D eigenvalue weighted by atomic mass is 9.83. The van der Waals surface area contributed by atoms with Crippen LogP contribution < -0.4 is 4.90 Å². The van der Waals surface area contributed by atoms with Crippen molar-refractivity contribution in [2.75, 3.05) is 37.6 Å². The fraction of sp³-hybridized carbons (Fsp3) is 0.783. The van der Waals surface area contributed by atoms with Gasteiger partial charge >= 0.3 is 12.0 Å². The summed E-state index contributed by atoms with van der Waals surface area (Å²) in [5.41, 5.74) is 1.20. The molecule has 1 aromatic heterocycles. The molecule has 172 valence electrons. The van der Waals surface area contributed by atoms with Gasteiger partial charge in [0.25, 0.3) is 0 Å². The van der Waals surface area contributed by atoms with Crippen molar-refractivity contribution in [1.29, 1.82) is 0 Å². The third-order valence-corrected chi connectivity index (χ3v) is 8.39. The van der Waals surface area contributed by atoms with Crippen molar-refractivity contribution in [3.8, 4) is 0 Å². The van der Waals surface area contributed by atoms with Gasteiger partial charge in [-0.15, -0.1) is 11.3 Å². The Hall–Kier alpha value is -1.67. The highest BCUT2D eigenvalue weighted by molar-refractivity contribution is 7.16. The minimum absolute atomic E-state index is 0.113. The Balaban J connectivity index is 1.31. The van der Waals surface area contributed by atoms with E-state index in [0.29, 0.717) is 12.0 Å². The summed E-state index contributed by atoms with van der Waals surface area (Å²) in [6.07, 6.45) is 9.59. The summed E-state index contributed by atoms with van der Waals surface area (Å²) in [6, 6.07) is 0.408. The monoisotopic (exact) mass is 448 g/mol. The number of aliphatic carboxylic acids is 1. The zero-order valence-corrected chi connectivity index (χ0v) is 19.5. The number of aromatic nitrogens is 1. The Morgan fingerprint density at radius 1 is 1.13 bits per heavy atom. The number of amides is 2. The van der Waals surface area contributed by atoms with Crippen molar-refractivity contribution in [2.24, 2.45) is 5.92 Å². The van der Waals surface area contributed by atoms with E-state index in [1.165, 1.54) is 30.0 Å². The summed E-state index contributed by atoms with van der Waals surface area (Å²) < 4.78 is 0. The molecule has 1 aromatic rings. The molecular formula is C23H36N4O3S. The smallest absolute Gasteiger partial charge is 0.326 e. The number of carboxylic acids is 1. The van der Waals surface area contributed by atoms with Crippen LogP contribution in [0.15, 0.2) is 0 Å². The zero-order valence-electron chi connectivity index (χ0n) is 18.7. The number of fused-ring (bicyclic) bond motifs is 1. The number of hydrogen-bond donors (Lipinski definition) is 1. The van der Waals surface area contributed by atoms with Gasteiger partial charge in [-0.05, 0) is 57.4 Å². The predicted octanol–water partition coefficient (Wildman–Crippen LogP) is 4.01. The Morgan fingerprint density at radius 3 is 2.65 bits per heavy atom. The number of urea groups is 1. The summed E-state index contributed by atoms with van der Waals surface area (Å²) in [7, 11) is 0. The molecule has 0 spiro atoms. The first-order chi connectivity index (χ1) is 15.0. The molecule has 2 amide bonds. The van der Waals surface area contributed by atoms with Crippen LogP contribution in [0.4, 0.5) is 9.93 Å². The second-order valence-electron chi connectivity index (χ2n) is 9.30. The number of thiazole rings is 1. The molecule has 0 aromatic carbocycles. The minimum atomic E-state index is -0.706. The van der Waals surface area contributed by atoms with Crippen molar-refractivity contribution in [3.05, 3.63) is 10.6 Å². The molecule has 2 aliphatic heterocycles. The van der Waals surface area contributed by atoms with Crippen LogP contribution in [-0.2, 0) is 17.6 Å². The summed E-state index contributed by atoms with van der Waals surface area (Å²) >= 11 is 1.72. The first-order valence-corrected chi connectivity index (χ1v) is 12.9. The van der Waals surface area contributed by atoms with Gasteiger partial charge < -0.3 is 14.9 Å². The van der Waals surface area contributed by atoms with Gasteiger partial charge in [0.05, 0.1) is 5.69 Å². The Bertz CT molecular complexity index is 749. The number of carboxylic acid groups (broad SMARTS) is 1. The number of anilines is 1. The van der Waals surface area contributed by atoms with E-state index < -0.39 is 5.97 Å². The zero-order chi connectivity index (χ0) is 21.8. The summed E-state index contributed by atoms with van der Waals surface area (Å²) in [5.74, 6) is -0.212. The van der Waals surface area contributed by atoms with Crippen molar-refractivity contribution in [3.63, 3.8) is 0 Å². The van der Waals surface area contributed by atoms with Crippen molar-refractivity contribution >= 4 is 28.5 Å². The van der Waals surface area contributed by atoms with Crippen LogP contribution in [0, 0.1) is 5.92 Å². The molecule has 3 aliphatic rings. The van der Waals surface area contributed by atoms with Gasteiger partial charge in [-0.25, -0.2) is 9.78 Å². The molecule has 0 bridgehead atoms. The van der Waals surface area contributed by atoms with Gasteiger partial charge in [-0.2, -0.15) is 0 Å². The van der Waals surface area contributed by atoms with Crippen molar-refractivity contribution < 1.29 is 14.7 Å². The molecule has 0 atom stereocenters. The van der Waals surface area contributed by atoms with E-state index in [1.807, 2.05) is 9.80 Å². The van der Waals surface area contributed by atoms with Gasteiger partial charge in [0.1, 0.15) is 0 Å². The standard InChI is InChI=1S/C23H36N4O3S/c1-2-3-12-25-13-10-19-20(11-14-25)31-22(24-19)27-16-15-26(23(27)30)18-7-4-17(5-8-18)6-9-21(28)29/h17-18H,2-16H2,1H3,(H,28,29). The molecule has 2 fully saturated rings. The molecule has 1 saturated heterocycles. The van der Waals surface area contributed by atoms with Gasteiger partial charge in [-0.1, -0.05) is 13.3 Å². The van der Waals surface area contributed by atoms with E-state index in [4.69, 9.17) is 10.1 Å². The number of rotatable bonds is 8. The van der Waals surface area contributed by atoms with E-state index >= 15 is 0 Å². The molecule has 7 nitrogen and oxygen atoms in total. The second-order valence-corrected chi connectivity index (χ2v) is 10.4. The average Bonchev–Trinajstić information content (AvgIpc) is 3.29. The molecule has 3 heterocycles. The van der Waals surface area contributed by atoms with Gasteiger partial charge in [0, 0.05) is 49.9 Å². The molecular weight excluding hydrogens is 412 g/mol. The number of nitrogens with zero attached hydrogens (tertiary/aromatic N) is 4. The highest BCUT2D eigenvalue weighted by Crippen LogP contribution is 2.35. The van der Waals surface area contributed by atoms with Gasteiger partial charge in [0.2, 0.25) is 0 Å². The normalized spacial score (nSPS) is 25.0. The summed E-state index contributed by atoms with van der Waals surface area (Å²) in [6.45, 7) is 7.09. The van der Waals surface area contributed by atoms with Crippen molar-refractivity contribution in [2.45, 2.75) is 77.2 Å². The lowest BCUT2D eigenvalue weighted by molar-refractivity contribution is -0.137. The molecule has 1 saturated carbocycles. The van der Waals surface area contributed by atoms with Crippen LogP contribution in [-0.4, -0.2) is 70.7 Å². The van der Waals surface area contributed by atoms with Crippen LogP contribution in [0.2, 0.25) is 0 Å². The molecule has 31 heavy (non-hydrogen) atoms. The molecule has 4 rings (SSSR count). The Labute approximate surface area is 189 Å². The van der Waals surface area contributed by atoms with Crippen LogP contribution >= 0.6 is 11.3 Å². The number of carbonyl (C=O) groups is 2. The average molecular weight is 449 g/mol. The van der Waals surface area contributed by atoms with Crippen LogP contribution in [0.3, 0.4) is 0 Å². The van der Waals surface area contributed by atoms with E-state index in [1.54, 1.807) is 11.3 Å². The lowest BCUT2D eigenvalue weighted by Crippen LogP contribution is -2.41. The van der Waals surface area contributed by atoms with E-state index in [0.717, 1.165) is 76.3 Å². The fourth-order valence-corrected chi connectivity index (χ4v) is 6.37. The number of carbonyl (C=O) groups excluding carboxylic acids is 1. The number of unbranched alkanes of at least 4 members (excludes halogenated alkanes) is 1. The maximum Gasteiger partial charge on any atom is 0.326 e. The minimum Gasteiger partial charge on any atom is -0.481 e. The maximum absolute atomic E-state index is 13.2. The maximum atomic E-state index is 13.2. The first-order valence-electron chi connectivity index (χ1n) is 12.1. The molecule has 0 unspecified atom stereocenters. The number of hydrogen-bond acceptors (Lipinski definition) is 5. The van der Waals surface area contributed by atoms with E-state index in [9.17, 15) is 9.59 Å². The SMILES string of the molecule is CCCCN1CCc2nc(N3CCN(C4CCC(CCC(=O)O)CC4)C3=O)sc2CC1. The Morgan fingerprint density at radius 2 is 1.90 bits per heavy atom. The summed E-state index contributed by atoms with van der Waals surface area (Å²) in [4.78, 5) is 36.8. The Kier molecular flexibility index (Phi) is 7.48. The first kappa shape index (κ1) is 22.5. The lowest BCUT2D eigenvalue weighted by Gasteiger charge is -2.34. The molecule has 8 heteroatoms. The third kappa shape index (κ3) is 5.40. The van der Waals surface area contributed by atoms with E-state index in [2.05, 4.69) is 11.8 Å².